The molecule has 0 radical (unpaired) electrons. The summed E-state index contributed by atoms with van der Waals surface area (Å²) in [5.74, 6) is 3.51. The van der Waals surface area contributed by atoms with Crippen molar-refractivity contribution in [2.75, 3.05) is 13.2 Å². The predicted molar refractivity (Wildman–Crippen MR) is 197 cm³/mol. The number of aryl methyl sites for hydroxylation is 4. The summed E-state index contributed by atoms with van der Waals surface area (Å²) in [6.45, 7) is 19.0. The number of unbranched alkanes of at least 4 members (excludes halogenated alkanes) is 5. The molecule has 0 aliphatic heterocycles. The minimum atomic E-state index is 0.304. The number of rotatable bonds is 18. The molecule has 0 fully saturated rings. The standard InChI is InChI=1S/C42H57N3O2/c1-9-11-12-13-14-15-25-46-34-19-22-37(38(29-34)47-26-16-24-42(7,8)23-10-2)41-44-39(35-20-17-30(3)27-32(35)5)43-40(45-41)36-21-18-31(4)28-33(36)6/h17-22,27-29H,9-16,23-26H2,1-8H3. The van der Waals surface area contributed by atoms with Crippen LogP contribution in [0.3, 0.4) is 0 Å². The molecule has 4 rings (SSSR count). The first-order valence-electron chi connectivity index (χ1n) is 17.9. The van der Waals surface area contributed by atoms with Crippen LogP contribution in [0.15, 0.2) is 54.6 Å². The second-order valence-electron chi connectivity index (χ2n) is 14.1. The Bertz CT molecular complexity index is 1520. The van der Waals surface area contributed by atoms with Crippen molar-refractivity contribution >= 4 is 0 Å². The molecular weight excluding hydrogens is 578 g/mol. The quantitative estimate of drug-likeness (QED) is 0.102. The van der Waals surface area contributed by atoms with Crippen LogP contribution in [0, 0.1) is 33.1 Å². The minimum absolute atomic E-state index is 0.304. The van der Waals surface area contributed by atoms with Crippen LogP contribution in [-0.2, 0) is 0 Å². The van der Waals surface area contributed by atoms with Crippen molar-refractivity contribution in [1.29, 1.82) is 0 Å². The van der Waals surface area contributed by atoms with Crippen LogP contribution in [0.5, 0.6) is 11.5 Å². The molecule has 0 aliphatic carbocycles. The van der Waals surface area contributed by atoms with Crippen LogP contribution in [0.25, 0.3) is 34.2 Å². The van der Waals surface area contributed by atoms with E-state index in [9.17, 15) is 0 Å². The van der Waals surface area contributed by atoms with Gasteiger partial charge in [-0.2, -0.15) is 0 Å². The maximum atomic E-state index is 6.57. The van der Waals surface area contributed by atoms with Crippen molar-refractivity contribution in [3.63, 3.8) is 0 Å². The number of hydrogen-bond donors (Lipinski definition) is 0. The van der Waals surface area contributed by atoms with Crippen LogP contribution < -0.4 is 9.47 Å². The van der Waals surface area contributed by atoms with Gasteiger partial charge >= 0.3 is 0 Å². The Morgan fingerprint density at radius 2 is 1.06 bits per heavy atom. The molecule has 5 nitrogen and oxygen atoms in total. The van der Waals surface area contributed by atoms with Crippen molar-refractivity contribution in [2.24, 2.45) is 5.41 Å². The van der Waals surface area contributed by atoms with E-state index in [1.807, 2.05) is 12.1 Å². The normalized spacial score (nSPS) is 11.6. The van der Waals surface area contributed by atoms with Crippen LogP contribution in [-0.4, -0.2) is 28.2 Å². The van der Waals surface area contributed by atoms with Gasteiger partial charge in [-0.15, -0.1) is 0 Å². The molecule has 252 valence electrons. The van der Waals surface area contributed by atoms with E-state index in [-0.39, 0.29) is 0 Å². The van der Waals surface area contributed by atoms with Crippen molar-refractivity contribution in [1.82, 2.24) is 15.0 Å². The van der Waals surface area contributed by atoms with Crippen LogP contribution in [0.4, 0.5) is 0 Å². The van der Waals surface area contributed by atoms with E-state index in [1.54, 1.807) is 0 Å². The smallest absolute Gasteiger partial charge is 0.167 e. The molecule has 0 saturated carbocycles. The third-order valence-corrected chi connectivity index (χ3v) is 9.02. The van der Waals surface area contributed by atoms with Crippen LogP contribution in [0.2, 0.25) is 0 Å². The molecule has 0 aliphatic rings. The average Bonchev–Trinajstić information content (AvgIpc) is 3.02. The van der Waals surface area contributed by atoms with E-state index in [4.69, 9.17) is 24.4 Å². The summed E-state index contributed by atoms with van der Waals surface area (Å²) < 4.78 is 12.8. The Hall–Kier alpha value is -3.73. The van der Waals surface area contributed by atoms with Gasteiger partial charge in [-0.25, -0.2) is 15.0 Å². The van der Waals surface area contributed by atoms with Gasteiger partial charge in [0.1, 0.15) is 11.5 Å². The highest BCUT2D eigenvalue weighted by atomic mass is 16.5. The maximum Gasteiger partial charge on any atom is 0.167 e. The van der Waals surface area contributed by atoms with Gasteiger partial charge in [0.05, 0.1) is 18.8 Å². The molecule has 0 saturated heterocycles. The van der Waals surface area contributed by atoms with Gasteiger partial charge in [-0.3, -0.25) is 0 Å². The Morgan fingerprint density at radius 3 is 1.64 bits per heavy atom. The van der Waals surface area contributed by atoms with Crippen molar-refractivity contribution in [3.8, 4) is 45.7 Å². The van der Waals surface area contributed by atoms with Gasteiger partial charge in [0, 0.05) is 17.2 Å². The highest BCUT2D eigenvalue weighted by molar-refractivity contribution is 5.72. The molecule has 1 heterocycles. The molecule has 0 amide bonds. The van der Waals surface area contributed by atoms with Crippen molar-refractivity contribution in [3.05, 3.63) is 76.9 Å². The zero-order valence-electron chi connectivity index (χ0n) is 30.3. The van der Waals surface area contributed by atoms with Gasteiger partial charge in [-0.1, -0.05) is 114 Å². The summed E-state index contributed by atoms with van der Waals surface area (Å²) in [6.07, 6.45) is 11.9. The Balaban J connectivity index is 1.71. The third kappa shape index (κ3) is 10.6. The van der Waals surface area contributed by atoms with Gasteiger partial charge in [-0.05, 0) is 82.1 Å². The fourth-order valence-corrected chi connectivity index (χ4v) is 6.37. The molecule has 47 heavy (non-hydrogen) atoms. The molecule has 4 aromatic rings. The largest absolute Gasteiger partial charge is 0.493 e. The van der Waals surface area contributed by atoms with E-state index < -0.39 is 0 Å². The predicted octanol–water partition coefficient (Wildman–Crippen LogP) is 11.8. The second kappa shape index (κ2) is 17.4. The molecule has 0 spiro atoms. The van der Waals surface area contributed by atoms with Gasteiger partial charge in [0.2, 0.25) is 0 Å². The summed E-state index contributed by atoms with van der Waals surface area (Å²) in [6, 6.07) is 18.9. The SMILES string of the molecule is CCCCCCCCOc1ccc(-c2nc(-c3ccc(C)cc3C)nc(-c3ccc(C)cc3C)n2)c(OCCCC(C)(C)CCC)c1. The molecule has 0 N–H and O–H groups in total. The number of benzene rings is 3. The summed E-state index contributed by atoms with van der Waals surface area (Å²) in [7, 11) is 0. The molecular formula is C42H57N3O2. The van der Waals surface area contributed by atoms with Gasteiger partial charge < -0.3 is 9.47 Å². The van der Waals surface area contributed by atoms with Gasteiger partial charge in [0.15, 0.2) is 17.5 Å². The number of ether oxygens (including phenoxy) is 2. The van der Waals surface area contributed by atoms with E-state index in [1.165, 1.54) is 56.1 Å². The first kappa shape index (κ1) is 36.1. The van der Waals surface area contributed by atoms with Crippen LogP contribution >= 0.6 is 0 Å². The highest BCUT2D eigenvalue weighted by Crippen LogP contribution is 2.36. The zero-order chi connectivity index (χ0) is 33.8. The minimum Gasteiger partial charge on any atom is -0.493 e. The van der Waals surface area contributed by atoms with Crippen molar-refractivity contribution in [2.45, 2.75) is 120 Å². The van der Waals surface area contributed by atoms with Gasteiger partial charge in [0.25, 0.3) is 0 Å². The van der Waals surface area contributed by atoms with E-state index in [2.05, 4.69) is 97.9 Å². The lowest BCUT2D eigenvalue weighted by Gasteiger charge is -2.24. The Labute approximate surface area is 284 Å². The van der Waals surface area contributed by atoms with Crippen LogP contribution in [0.1, 0.15) is 114 Å². The lowest BCUT2D eigenvalue weighted by atomic mass is 9.83. The molecule has 3 aromatic carbocycles. The fourth-order valence-electron chi connectivity index (χ4n) is 6.37. The van der Waals surface area contributed by atoms with E-state index in [0.717, 1.165) is 58.6 Å². The van der Waals surface area contributed by atoms with E-state index in [0.29, 0.717) is 36.1 Å². The molecule has 0 bridgehead atoms. The summed E-state index contributed by atoms with van der Waals surface area (Å²) in [5.41, 5.74) is 7.86. The second-order valence-corrected chi connectivity index (χ2v) is 14.1. The summed E-state index contributed by atoms with van der Waals surface area (Å²) in [4.78, 5) is 15.2. The topological polar surface area (TPSA) is 57.1 Å². The first-order valence-corrected chi connectivity index (χ1v) is 17.9. The number of aromatic nitrogens is 3. The summed E-state index contributed by atoms with van der Waals surface area (Å²) in [5, 5.41) is 0. The molecule has 1 aromatic heterocycles. The van der Waals surface area contributed by atoms with E-state index >= 15 is 0 Å². The number of nitrogens with zero attached hydrogens (tertiary/aromatic N) is 3. The molecule has 5 heteroatoms. The maximum absolute atomic E-state index is 6.57. The Morgan fingerprint density at radius 1 is 0.532 bits per heavy atom. The average molecular weight is 636 g/mol. The number of hydrogen-bond acceptors (Lipinski definition) is 5. The molecule has 0 unspecified atom stereocenters. The summed E-state index contributed by atoms with van der Waals surface area (Å²) >= 11 is 0. The Kier molecular flexibility index (Phi) is 13.4. The lowest BCUT2D eigenvalue weighted by Crippen LogP contribution is -2.13. The zero-order valence-corrected chi connectivity index (χ0v) is 30.3. The van der Waals surface area contributed by atoms with Crippen molar-refractivity contribution < 1.29 is 9.47 Å². The monoisotopic (exact) mass is 635 g/mol. The third-order valence-electron chi connectivity index (χ3n) is 9.02. The lowest BCUT2D eigenvalue weighted by molar-refractivity contribution is 0.243. The first-order chi connectivity index (χ1) is 22.6. The fraction of sp³-hybridized carbons (Fsp3) is 0.500. The molecule has 0 atom stereocenters. The highest BCUT2D eigenvalue weighted by Gasteiger charge is 2.20.